The van der Waals surface area contributed by atoms with Crippen LogP contribution in [0.2, 0.25) is 0 Å². The van der Waals surface area contributed by atoms with E-state index in [1.54, 1.807) is 0 Å². The molecule has 14 heavy (non-hydrogen) atoms. The third-order valence-corrected chi connectivity index (χ3v) is 3.59. The van der Waals surface area contributed by atoms with E-state index in [1.807, 2.05) is 0 Å². The smallest absolute Gasteiger partial charge is 0.0943 e. The van der Waals surface area contributed by atoms with Gasteiger partial charge in [-0.15, -0.1) is 0 Å². The van der Waals surface area contributed by atoms with Crippen LogP contribution >= 0.6 is 0 Å². The molecule has 0 aliphatic heterocycles. The van der Waals surface area contributed by atoms with Crippen LogP contribution in [-0.2, 0) is 0 Å². The van der Waals surface area contributed by atoms with E-state index >= 15 is 0 Å². The summed E-state index contributed by atoms with van der Waals surface area (Å²) in [5.74, 6) is 1.30. The predicted octanol–water partition coefficient (Wildman–Crippen LogP) is 3.92. The highest BCUT2D eigenvalue weighted by Crippen LogP contribution is 2.41. The Morgan fingerprint density at radius 3 is 2.07 bits per heavy atom. The molecule has 1 fully saturated rings. The monoisotopic (exact) mass is 191 g/mol. The Kier molecular flexibility index (Phi) is 3.37. The zero-order valence-electron chi connectivity index (χ0n) is 9.64. The van der Waals surface area contributed by atoms with Crippen molar-refractivity contribution in [3.05, 3.63) is 12.2 Å². The highest BCUT2D eigenvalue weighted by molar-refractivity contribution is 5.19. The summed E-state index contributed by atoms with van der Waals surface area (Å²) in [4.78, 5) is 0. The van der Waals surface area contributed by atoms with Crippen LogP contribution in [0.3, 0.4) is 0 Å². The maximum Gasteiger partial charge on any atom is 0.0943 e. The maximum atomic E-state index is 8.76. The fraction of sp³-hybridized carbons (Fsp3) is 0.769. The number of nitriles is 1. The second-order valence-electron chi connectivity index (χ2n) is 5.55. The highest BCUT2D eigenvalue weighted by Gasteiger charge is 2.30. The number of rotatable bonds is 1. The number of hydrogen-bond acceptors (Lipinski definition) is 1. The van der Waals surface area contributed by atoms with E-state index in [2.05, 4.69) is 33.4 Å². The molecule has 0 spiro atoms. The lowest BCUT2D eigenvalue weighted by atomic mass is 9.69. The quantitative estimate of drug-likeness (QED) is 0.576. The molecule has 0 heterocycles. The van der Waals surface area contributed by atoms with Gasteiger partial charge in [-0.3, -0.25) is 0 Å². The fourth-order valence-electron chi connectivity index (χ4n) is 2.40. The van der Waals surface area contributed by atoms with Crippen molar-refractivity contribution in [2.75, 3.05) is 0 Å². The Morgan fingerprint density at radius 2 is 1.71 bits per heavy atom. The van der Waals surface area contributed by atoms with Crippen LogP contribution in [0.25, 0.3) is 0 Å². The maximum absolute atomic E-state index is 8.76. The van der Waals surface area contributed by atoms with Gasteiger partial charge < -0.3 is 0 Å². The molecule has 0 aromatic heterocycles. The van der Waals surface area contributed by atoms with E-state index in [0.717, 1.165) is 24.3 Å². The molecule has 1 saturated carbocycles. The summed E-state index contributed by atoms with van der Waals surface area (Å²) in [6, 6.07) is 2.19. The minimum Gasteiger partial charge on any atom is -0.193 e. The molecule has 0 bridgehead atoms. The summed E-state index contributed by atoms with van der Waals surface area (Å²) in [5.41, 5.74) is 1.22. The van der Waals surface area contributed by atoms with Gasteiger partial charge in [0.1, 0.15) is 0 Å². The van der Waals surface area contributed by atoms with Gasteiger partial charge in [0.2, 0.25) is 0 Å². The van der Waals surface area contributed by atoms with Crippen LogP contribution in [-0.4, -0.2) is 0 Å². The first-order chi connectivity index (χ1) is 6.45. The van der Waals surface area contributed by atoms with Crippen molar-refractivity contribution < 1.29 is 0 Å². The van der Waals surface area contributed by atoms with Crippen LogP contribution in [0.5, 0.6) is 0 Å². The van der Waals surface area contributed by atoms with Crippen LogP contribution in [0.4, 0.5) is 0 Å². The molecule has 1 rings (SSSR count). The Hall–Kier alpha value is -0.770. The van der Waals surface area contributed by atoms with Gasteiger partial charge in [0, 0.05) is 5.57 Å². The average molecular weight is 191 g/mol. The third-order valence-electron chi connectivity index (χ3n) is 3.59. The molecule has 0 unspecified atom stereocenters. The molecule has 1 aliphatic carbocycles. The largest absolute Gasteiger partial charge is 0.193 e. The molecule has 1 aliphatic rings. The highest BCUT2D eigenvalue weighted by atomic mass is 14.4. The second-order valence-corrected chi connectivity index (χ2v) is 5.55. The standard InChI is InChI=1S/C13H21N/c1-10(9-14)11-5-7-12(8-6-11)13(2,3)4/h11-12H,1,5-8H2,2-4H3. The summed E-state index contributed by atoms with van der Waals surface area (Å²) in [7, 11) is 0. The predicted molar refractivity (Wildman–Crippen MR) is 59.7 cm³/mol. The molecule has 0 aromatic rings. The Labute approximate surface area is 87.8 Å². The molecule has 0 aromatic carbocycles. The molecule has 1 nitrogen and oxygen atoms in total. The third kappa shape index (κ3) is 2.61. The summed E-state index contributed by atoms with van der Waals surface area (Å²) in [5, 5.41) is 8.76. The van der Waals surface area contributed by atoms with Gasteiger partial charge >= 0.3 is 0 Å². The van der Waals surface area contributed by atoms with Crippen molar-refractivity contribution in [2.45, 2.75) is 46.5 Å². The van der Waals surface area contributed by atoms with Crippen molar-refractivity contribution in [1.29, 1.82) is 5.26 Å². The van der Waals surface area contributed by atoms with Gasteiger partial charge in [0.15, 0.2) is 0 Å². The topological polar surface area (TPSA) is 23.8 Å². The lowest BCUT2D eigenvalue weighted by molar-refractivity contribution is 0.161. The first-order valence-corrected chi connectivity index (χ1v) is 5.54. The van der Waals surface area contributed by atoms with E-state index in [0.29, 0.717) is 11.3 Å². The zero-order chi connectivity index (χ0) is 10.8. The molecule has 1 heteroatoms. The normalized spacial score (nSPS) is 28.1. The number of nitrogens with zero attached hydrogens (tertiary/aromatic N) is 1. The van der Waals surface area contributed by atoms with Crippen molar-refractivity contribution in [3.63, 3.8) is 0 Å². The number of hydrogen-bond donors (Lipinski definition) is 0. The van der Waals surface area contributed by atoms with Crippen LogP contribution in [0.15, 0.2) is 12.2 Å². The van der Waals surface area contributed by atoms with E-state index in [-0.39, 0.29) is 0 Å². The molecule has 0 amide bonds. The van der Waals surface area contributed by atoms with Gasteiger partial charge in [-0.05, 0) is 42.9 Å². The second kappa shape index (κ2) is 4.17. The minimum absolute atomic E-state index is 0.430. The van der Waals surface area contributed by atoms with Gasteiger partial charge in [0.25, 0.3) is 0 Å². The van der Waals surface area contributed by atoms with Crippen molar-refractivity contribution in [2.24, 2.45) is 17.3 Å². The van der Waals surface area contributed by atoms with Gasteiger partial charge in [-0.25, -0.2) is 0 Å². The Morgan fingerprint density at radius 1 is 1.21 bits per heavy atom. The van der Waals surface area contributed by atoms with Crippen LogP contribution in [0.1, 0.15) is 46.5 Å². The first kappa shape index (κ1) is 11.3. The Bertz CT molecular complexity index is 243. The first-order valence-electron chi connectivity index (χ1n) is 5.54. The minimum atomic E-state index is 0.430. The molecule has 0 atom stereocenters. The van der Waals surface area contributed by atoms with Crippen LogP contribution < -0.4 is 0 Å². The molecular weight excluding hydrogens is 170 g/mol. The van der Waals surface area contributed by atoms with Gasteiger partial charge in [-0.1, -0.05) is 27.4 Å². The molecular formula is C13H21N. The zero-order valence-corrected chi connectivity index (χ0v) is 9.64. The molecule has 0 saturated heterocycles. The SMILES string of the molecule is C=C(C#N)C1CCC(C(C)(C)C)CC1. The van der Waals surface area contributed by atoms with Crippen molar-refractivity contribution in [1.82, 2.24) is 0 Å². The lowest BCUT2D eigenvalue weighted by Crippen LogP contribution is -2.26. The fourth-order valence-corrected chi connectivity index (χ4v) is 2.40. The summed E-state index contributed by atoms with van der Waals surface area (Å²) in [6.45, 7) is 10.8. The summed E-state index contributed by atoms with van der Waals surface area (Å²) < 4.78 is 0. The summed E-state index contributed by atoms with van der Waals surface area (Å²) in [6.07, 6.45) is 4.84. The van der Waals surface area contributed by atoms with Crippen LogP contribution in [0, 0.1) is 28.6 Å². The Balaban J connectivity index is 2.48. The summed E-state index contributed by atoms with van der Waals surface area (Å²) >= 11 is 0. The van der Waals surface area contributed by atoms with E-state index in [1.165, 1.54) is 12.8 Å². The molecule has 0 N–H and O–H groups in total. The molecule has 0 radical (unpaired) electrons. The van der Waals surface area contributed by atoms with E-state index < -0.39 is 0 Å². The van der Waals surface area contributed by atoms with Crippen molar-refractivity contribution >= 4 is 0 Å². The average Bonchev–Trinajstić information content (AvgIpc) is 2.15. The van der Waals surface area contributed by atoms with E-state index in [9.17, 15) is 0 Å². The lowest BCUT2D eigenvalue weighted by Gasteiger charge is -2.36. The number of allylic oxidation sites excluding steroid dienone is 1. The molecule has 78 valence electrons. The van der Waals surface area contributed by atoms with Gasteiger partial charge in [0.05, 0.1) is 6.07 Å². The van der Waals surface area contributed by atoms with Gasteiger partial charge in [-0.2, -0.15) is 5.26 Å². The van der Waals surface area contributed by atoms with E-state index in [4.69, 9.17) is 5.26 Å². The van der Waals surface area contributed by atoms with Crippen molar-refractivity contribution in [3.8, 4) is 6.07 Å².